The Hall–Kier alpha value is -2.10. The van der Waals surface area contributed by atoms with Crippen LogP contribution in [0.2, 0.25) is 0 Å². The summed E-state index contributed by atoms with van der Waals surface area (Å²) in [4.78, 5) is 21.3. The van der Waals surface area contributed by atoms with Gasteiger partial charge in [-0.15, -0.1) is 0 Å². The molecular formula is C12H13NO3. The molecule has 0 aliphatic carbocycles. The van der Waals surface area contributed by atoms with E-state index in [0.29, 0.717) is 6.54 Å². The van der Waals surface area contributed by atoms with Crippen molar-refractivity contribution in [1.82, 2.24) is 5.32 Å². The second-order valence-electron chi connectivity index (χ2n) is 3.31. The van der Waals surface area contributed by atoms with Crippen LogP contribution in [0.15, 0.2) is 36.9 Å². The first-order valence-electron chi connectivity index (χ1n) is 4.81. The third-order valence-corrected chi connectivity index (χ3v) is 2.03. The third-order valence-electron chi connectivity index (χ3n) is 2.03. The molecule has 0 unspecified atom stereocenters. The molecule has 0 aromatic heterocycles. The Morgan fingerprint density at radius 2 is 1.81 bits per heavy atom. The second-order valence-corrected chi connectivity index (χ2v) is 3.31. The number of hydrogen-bond acceptors (Lipinski definition) is 2. The average molecular weight is 219 g/mol. The fraction of sp³-hybridized carbons (Fsp3) is 0.167. The van der Waals surface area contributed by atoms with Crippen LogP contribution in [0, 0.1) is 0 Å². The minimum atomic E-state index is -0.854. The van der Waals surface area contributed by atoms with E-state index in [0.717, 1.165) is 11.1 Å². The lowest BCUT2D eigenvalue weighted by molar-refractivity contribution is -0.136. The molecule has 0 heterocycles. The van der Waals surface area contributed by atoms with Gasteiger partial charge in [-0.1, -0.05) is 30.8 Å². The quantitative estimate of drug-likeness (QED) is 0.729. The summed E-state index contributed by atoms with van der Waals surface area (Å²) in [6, 6.07) is 7.07. The average Bonchev–Trinajstić information content (AvgIpc) is 2.27. The number of carboxylic acids is 1. The summed E-state index contributed by atoms with van der Waals surface area (Å²) in [6.45, 7) is 3.76. The minimum absolute atomic E-state index is 0.0132. The molecule has 16 heavy (non-hydrogen) atoms. The van der Waals surface area contributed by atoms with Gasteiger partial charge in [-0.3, -0.25) is 9.59 Å². The highest BCUT2D eigenvalue weighted by Crippen LogP contribution is 2.05. The van der Waals surface area contributed by atoms with Gasteiger partial charge in [-0.2, -0.15) is 0 Å². The molecule has 84 valence electrons. The topological polar surface area (TPSA) is 66.4 Å². The van der Waals surface area contributed by atoms with E-state index in [9.17, 15) is 9.59 Å². The number of rotatable bonds is 5. The summed E-state index contributed by atoms with van der Waals surface area (Å²) >= 11 is 0. The molecule has 0 saturated carbocycles. The smallest absolute Gasteiger partial charge is 0.307 e. The fourth-order valence-corrected chi connectivity index (χ4v) is 1.21. The Morgan fingerprint density at radius 1 is 1.25 bits per heavy atom. The Morgan fingerprint density at radius 3 is 2.31 bits per heavy atom. The van der Waals surface area contributed by atoms with Crippen LogP contribution in [0.4, 0.5) is 0 Å². The zero-order valence-electron chi connectivity index (χ0n) is 8.77. The molecule has 0 atom stereocenters. The summed E-state index contributed by atoms with van der Waals surface area (Å²) in [5.74, 6) is -1.08. The largest absolute Gasteiger partial charge is 0.481 e. The number of amides is 1. The van der Waals surface area contributed by atoms with Crippen LogP contribution < -0.4 is 5.32 Å². The molecule has 4 heteroatoms. The molecule has 2 N–H and O–H groups in total. The van der Waals surface area contributed by atoms with Crippen molar-refractivity contribution < 1.29 is 14.7 Å². The van der Waals surface area contributed by atoms with E-state index in [4.69, 9.17) is 5.11 Å². The summed E-state index contributed by atoms with van der Waals surface area (Å²) in [5, 5.41) is 11.2. The maximum atomic E-state index is 10.9. The van der Waals surface area contributed by atoms with Crippen LogP contribution in [-0.2, 0) is 22.6 Å². The Balaban J connectivity index is 2.54. The zero-order valence-corrected chi connectivity index (χ0v) is 8.77. The lowest BCUT2D eigenvalue weighted by Crippen LogP contribution is -2.19. The molecule has 0 aliphatic heterocycles. The maximum Gasteiger partial charge on any atom is 0.307 e. The number of carboxylic acid groups (broad SMARTS) is 1. The molecule has 0 saturated heterocycles. The maximum absolute atomic E-state index is 10.9. The Labute approximate surface area is 93.6 Å². The number of carbonyl (C=O) groups excluding carboxylic acids is 1. The standard InChI is InChI=1S/C12H13NO3/c1-2-11(14)13-8-10-5-3-9(4-6-10)7-12(15)16/h2-6H,1,7-8H2,(H,13,14)(H,15,16). The SMILES string of the molecule is C=CC(=O)NCc1ccc(CC(=O)O)cc1. The van der Waals surface area contributed by atoms with Gasteiger partial charge in [-0.05, 0) is 17.2 Å². The van der Waals surface area contributed by atoms with E-state index in [2.05, 4.69) is 11.9 Å². The van der Waals surface area contributed by atoms with Crippen molar-refractivity contribution in [2.75, 3.05) is 0 Å². The molecule has 0 spiro atoms. The van der Waals surface area contributed by atoms with Crippen LogP contribution in [0.25, 0.3) is 0 Å². The second kappa shape index (κ2) is 5.70. The third kappa shape index (κ3) is 3.96. The van der Waals surface area contributed by atoms with Crippen molar-refractivity contribution in [3.05, 3.63) is 48.0 Å². The van der Waals surface area contributed by atoms with Gasteiger partial charge < -0.3 is 10.4 Å². The van der Waals surface area contributed by atoms with Gasteiger partial charge in [0, 0.05) is 6.54 Å². The van der Waals surface area contributed by atoms with E-state index in [1.54, 1.807) is 24.3 Å². The molecular weight excluding hydrogens is 206 g/mol. The van der Waals surface area contributed by atoms with Crippen LogP contribution in [0.3, 0.4) is 0 Å². The van der Waals surface area contributed by atoms with Gasteiger partial charge in [0.05, 0.1) is 6.42 Å². The van der Waals surface area contributed by atoms with Crippen LogP contribution in [0.5, 0.6) is 0 Å². The molecule has 0 bridgehead atoms. The van der Waals surface area contributed by atoms with E-state index in [-0.39, 0.29) is 12.3 Å². The molecule has 0 aliphatic rings. The molecule has 1 rings (SSSR count). The summed E-state index contributed by atoms with van der Waals surface area (Å²) in [6.07, 6.45) is 1.22. The van der Waals surface area contributed by atoms with Crippen molar-refractivity contribution in [2.24, 2.45) is 0 Å². The number of hydrogen-bond donors (Lipinski definition) is 2. The molecule has 1 aromatic rings. The summed E-state index contributed by atoms with van der Waals surface area (Å²) in [5.41, 5.74) is 1.66. The highest BCUT2D eigenvalue weighted by atomic mass is 16.4. The predicted octanol–water partition coefficient (Wildman–Crippen LogP) is 1.12. The van der Waals surface area contributed by atoms with Crippen LogP contribution >= 0.6 is 0 Å². The van der Waals surface area contributed by atoms with Gasteiger partial charge in [0.2, 0.25) is 5.91 Å². The molecule has 1 amide bonds. The fourth-order valence-electron chi connectivity index (χ4n) is 1.21. The number of carbonyl (C=O) groups is 2. The van der Waals surface area contributed by atoms with Crippen molar-refractivity contribution in [2.45, 2.75) is 13.0 Å². The predicted molar refractivity (Wildman–Crippen MR) is 59.8 cm³/mol. The van der Waals surface area contributed by atoms with E-state index < -0.39 is 5.97 Å². The van der Waals surface area contributed by atoms with Crippen molar-refractivity contribution in [3.63, 3.8) is 0 Å². The van der Waals surface area contributed by atoms with Gasteiger partial charge in [0.25, 0.3) is 0 Å². The van der Waals surface area contributed by atoms with E-state index >= 15 is 0 Å². The summed E-state index contributed by atoms with van der Waals surface area (Å²) in [7, 11) is 0. The van der Waals surface area contributed by atoms with E-state index in [1.807, 2.05) is 0 Å². The number of aliphatic carboxylic acids is 1. The lowest BCUT2D eigenvalue weighted by atomic mass is 10.1. The highest BCUT2D eigenvalue weighted by Gasteiger charge is 2.00. The van der Waals surface area contributed by atoms with Gasteiger partial charge in [0.15, 0.2) is 0 Å². The normalized spacial score (nSPS) is 9.50. The Bertz CT molecular complexity index is 395. The monoisotopic (exact) mass is 219 g/mol. The van der Waals surface area contributed by atoms with E-state index in [1.165, 1.54) is 6.08 Å². The van der Waals surface area contributed by atoms with Gasteiger partial charge >= 0.3 is 5.97 Å². The molecule has 0 fully saturated rings. The minimum Gasteiger partial charge on any atom is -0.481 e. The molecule has 0 radical (unpaired) electrons. The number of benzene rings is 1. The zero-order chi connectivity index (χ0) is 12.0. The van der Waals surface area contributed by atoms with Crippen molar-refractivity contribution in [3.8, 4) is 0 Å². The lowest BCUT2D eigenvalue weighted by Gasteiger charge is -2.03. The number of nitrogens with one attached hydrogen (secondary N) is 1. The van der Waals surface area contributed by atoms with Gasteiger partial charge in [0.1, 0.15) is 0 Å². The molecule has 4 nitrogen and oxygen atoms in total. The first-order valence-corrected chi connectivity index (χ1v) is 4.81. The van der Waals surface area contributed by atoms with Crippen molar-refractivity contribution in [1.29, 1.82) is 0 Å². The highest BCUT2D eigenvalue weighted by molar-refractivity contribution is 5.86. The Kier molecular flexibility index (Phi) is 4.27. The van der Waals surface area contributed by atoms with Gasteiger partial charge in [-0.25, -0.2) is 0 Å². The first kappa shape index (κ1) is 12.0. The van der Waals surface area contributed by atoms with Crippen molar-refractivity contribution >= 4 is 11.9 Å². The summed E-state index contributed by atoms with van der Waals surface area (Å²) < 4.78 is 0. The van der Waals surface area contributed by atoms with Crippen LogP contribution in [0.1, 0.15) is 11.1 Å². The molecule has 1 aromatic carbocycles. The first-order chi connectivity index (χ1) is 7.61. The van der Waals surface area contributed by atoms with Crippen LogP contribution in [-0.4, -0.2) is 17.0 Å².